The van der Waals surface area contributed by atoms with E-state index in [4.69, 9.17) is 21.1 Å². The maximum atomic E-state index is 13.9. The van der Waals surface area contributed by atoms with Crippen molar-refractivity contribution < 1.29 is 27.5 Å². The summed E-state index contributed by atoms with van der Waals surface area (Å²) in [6.07, 6.45) is 1.70. The molecule has 1 aliphatic rings. The van der Waals surface area contributed by atoms with E-state index in [2.05, 4.69) is 5.32 Å². The minimum atomic E-state index is -3.66. The first-order valence-electron chi connectivity index (χ1n) is 13.8. The van der Waals surface area contributed by atoms with Crippen molar-refractivity contribution in [1.82, 2.24) is 10.2 Å². The standard InChI is InChI=1S/C31H36ClN3O6S/c1-22(2)33-31(37)27(18-23-9-5-4-6-10-23)34(20-24-11-7-12-25(32)17-24)30(36)13-8-16-35(42(3,38)39)26-14-15-28-29(19-26)41-21-40-28/h4-7,9-12,14-15,17,19,22,27H,8,13,16,18,20-21H2,1-3H3,(H,33,37)/t27-/m0/s1. The largest absolute Gasteiger partial charge is 0.454 e. The molecule has 224 valence electrons. The van der Waals surface area contributed by atoms with Crippen LogP contribution in [0.2, 0.25) is 5.02 Å². The van der Waals surface area contributed by atoms with E-state index in [9.17, 15) is 18.0 Å². The zero-order valence-corrected chi connectivity index (χ0v) is 25.5. The Bertz CT molecular complexity index is 1500. The fraction of sp³-hybridized carbons (Fsp3) is 0.355. The van der Waals surface area contributed by atoms with E-state index in [1.54, 1.807) is 41.3 Å². The Morgan fingerprint density at radius 2 is 1.67 bits per heavy atom. The van der Waals surface area contributed by atoms with Crippen LogP contribution in [0, 0.1) is 0 Å². The van der Waals surface area contributed by atoms with Gasteiger partial charge in [-0.05, 0) is 55.7 Å². The van der Waals surface area contributed by atoms with Gasteiger partial charge in [0, 0.05) is 43.1 Å². The van der Waals surface area contributed by atoms with Gasteiger partial charge >= 0.3 is 0 Å². The van der Waals surface area contributed by atoms with Crippen molar-refractivity contribution in [1.29, 1.82) is 0 Å². The van der Waals surface area contributed by atoms with Crippen molar-refractivity contribution in [2.45, 2.75) is 51.7 Å². The van der Waals surface area contributed by atoms with E-state index in [1.165, 1.54) is 4.31 Å². The molecule has 1 heterocycles. The van der Waals surface area contributed by atoms with Crippen LogP contribution in [0.3, 0.4) is 0 Å². The maximum absolute atomic E-state index is 13.9. The second-order valence-electron chi connectivity index (χ2n) is 10.5. The smallest absolute Gasteiger partial charge is 0.243 e. The van der Waals surface area contributed by atoms with Crippen molar-refractivity contribution in [3.63, 3.8) is 0 Å². The molecule has 0 unspecified atom stereocenters. The van der Waals surface area contributed by atoms with Crippen LogP contribution in [0.25, 0.3) is 0 Å². The van der Waals surface area contributed by atoms with Crippen LogP contribution in [-0.2, 0) is 32.6 Å². The van der Waals surface area contributed by atoms with Crippen LogP contribution >= 0.6 is 11.6 Å². The third-order valence-corrected chi connectivity index (χ3v) is 8.17. The molecule has 0 saturated heterocycles. The Labute approximate surface area is 252 Å². The number of fused-ring (bicyclic) bond motifs is 1. The van der Waals surface area contributed by atoms with Gasteiger partial charge in [0.05, 0.1) is 11.9 Å². The van der Waals surface area contributed by atoms with Gasteiger partial charge in [-0.3, -0.25) is 13.9 Å². The number of amides is 2. The molecule has 11 heteroatoms. The topological polar surface area (TPSA) is 105 Å². The number of hydrogen-bond donors (Lipinski definition) is 1. The summed E-state index contributed by atoms with van der Waals surface area (Å²) in [6, 6.07) is 20.7. The summed E-state index contributed by atoms with van der Waals surface area (Å²) in [6.45, 7) is 4.05. The summed E-state index contributed by atoms with van der Waals surface area (Å²) in [5.41, 5.74) is 2.11. The molecule has 0 aromatic heterocycles. The summed E-state index contributed by atoms with van der Waals surface area (Å²) in [4.78, 5) is 29.0. The molecule has 0 bridgehead atoms. The number of anilines is 1. The monoisotopic (exact) mass is 613 g/mol. The number of benzene rings is 3. The summed E-state index contributed by atoms with van der Waals surface area (Å²) < 4.78 is 37.4. The van der Waals surface area contributed by atoms with Crippen molar-refractivity contribution in [2.24, 2.45) is 0 Å². The molecule has 9 nitrogen and oxygen atoms in total. The number of ether oxygens (including phenoxy) is 2. The maximum Gasteiger partial charge on any atom is 0.243 e. The lowest BCUT2D eigenvalue weighted by atomic mass is 10.0. The van der Waals surface area contributed by atoms with E-state index in [0.717, 1.165) is 17.4 Å². The van der Waals surface area contributed by atoms with Gasteiger partial charge in [0.15, 0.2) is 11.5 Å². The highest BCUT2D eigenvalue weighted by Crippen LogP contribution is 2.36. The summed E-state index contributed by atoms with van der Waals surface area (Å²) in [7, 11) is -3.66. The number of nitrogens with one attached hydrogen (secondary N) is 1. The van der Waals surface area contributed by atoms with Gasteiger partial charge in [-0.25, -0.2) is 8.42 Å². The summed E-state index contributed by atoms with van der Waals surface area (Å²) >= 11 is 6.24. The molecule has 1 atom stereocenters. The zero-order chi connectivity index (χ0) is 30.3. The minimum absolute atomic E-state index is 0.0252. The molecule has 1 aliphatic heterocycles. The second kappa shape index (κ2) is 13.9. The molecule has 0 fully saturated rings. The second-order valence-corrected chi connectivity index (χ2v) is 12.8. The van der Waals surface area contributed by atoms with Crippen molar-refractivity contribution in [3.05, 3.63) is 88.9 Å². The predicted molar refractivity (Wildman–Crippen MR) is 163 cm³/mol. The molecule has 4 rings (SSSR count). The highest BCUT2D eigenvalue weighted by molar-refractivity contribution is 7.92. The van der Waals surface area contributed by atoms with Gasteiger partial charge in [0.1, 0.15) is 6.04 Å². The van der Waals surface area contributed by atoms with Crippen LogP contribution in [0.15, 0.2) is 72.8 Å². The lowest BCUT2D eigenvalue weighted by molar-refractivity contribution is -0.141. The Hall–Kier alpha value is -3.76. The van der Waals surface area contributed by atoms with E-state index in [1.807, 2.05) is 50.2 Å². The summed E-state index contributed by atoms with van der Waals surface area (Å²) in [5, 5.41) is 3.49. The highest BCUT2D eigenvalue weighted by atomic mass is 35.5. The lowest BCUT2D eigenvalue weighted by Crippen LogP contribution is -2.51. The van der Waals surface area contributed by atoms with Crippen LogP contribution < -0.4 is 19.1 Å². The molecular formula is C31H36ClN3O6S. The van der Waals surface area contributed by atoms with Crippen molar-refractivity contribution >= 4 is 39.1 Å². The van der Waals surface area contributed by atoms with Gasteiger partial charge in [0.25, 0.3) is 0 Å². The van der Waals surface area contributed by atoms with Crippen molar-refractivity contribution in [3.8, 4) is 11.5 Å². The number of nitrogens with zero attached hydrogens (tertiary/aromatic N) is 2. The molecule has 3 aromatic rings. The van der Waals surface area contributed by atoms with Crippen LogP contribution in [0.4, 0.5) is 5.69 Å². The van der Waals surface area contributed by atoms with Gasteiger partial charge in [-0.15, -0.1) is 0 Å². The van der Waals surface area contributed by atoms with Gasteiger partial charge in [-0.1, -0.05) is 54.1 Å². The molecule has 0 aliphatic carbocycles. The first kappa shape index (κ1) is 31.2. The SMILES string of the molecule is CC(C)NC(=O)[C@H](Cc1ccccc1)N(Cc1cccc(Cl)c1)C(=O)CCCN(c1ccc2c(c1)OCO2)S(C)(=O)=O. The third kappa shape index (κ3) is 8.39. The number of halogens is 1. The Kier molecular flexibility index (Phi) is 10.3. The molecule has 0 spiro atoms. The Morgan fingerprint density at radius 1 is 0.952 bits per heavy atom. The molecule has 0 saturated carbocycles. The highest BCUT2D eigenvalue weighted by Gasteiger charge is 2.31. The number of sulfonamides is 1. The summed E-state index contributed by atoms with van der Waals surface area (Å²) in [5.74, 6) is 0.476. The minimum Gasteiger partial charge on any atom is -0.454 e. The van der Waals surface area contributed by atoms with E-state index >= 15 is 0 Å². The molecular weight excluding hydrogens is 578 g/mol. The normalized spacial score (nSPS) is 13.1. The fourth-order valence-electron chi connectivity index (χ4n) is 4.81. The number of rotatable bonds is 13. The molecule has 3 aromatic carbocycles. The van der Waals surface area contributed by atoms with E-state index in [0.29, 0.717) is 28.6 Å². The first-order valence-corrected chi connectivity index (χ1v) is 16.0. The van der Waals surface area contributed by atoms with E-state index in [-0.39, 0.29) is 50.6 Å². The lowest BCUT2D eigenvalue weighted by Gasteiger charge is -2.32. The van der Waals surface area contributed by atoms with E-state index < -0.39 is 16.1 Å². The quantitative estimate of drug-likeness (QED) is 0.298. The van der Waals surface area contributed by atoms with Gasteiger partial charge in [0.2, 0.25) is 28.6 Å². The third-order valence-electron chi connectivity index (χ3n) is 6.74. The number of carbonyl (C=O) groups is 2. The van der Waals surface area contributed by atoms with Crippen LogP contribution in [0.5, 0.6) is 11.5 Å². The molecule has 2 amide bonds. The van der Waals surface area contributed by atoms with Crippen LogP contribution in [-0.4, -0.2) is 56.8 Å². The molecule has 42 heavy (non-hydrogen) atoms. The Balaban J connectivity index is 1.57. The zero-order valence-electron chi connectivity index (χ0n) is 24.0. The average molecular weight is 614 g/mol. The average Bonchev–Trinajstić information content (AvgIpc) is 3.40. The molecule has 1 N–H and O–H groups in total. The number of hydrogen-bond acceptors (Lipinski definition) is 6. The van der Waals surface area contributed by atoms with Crippen molar-refractivity contribution in [2.75, 3.05) is 23.9 Å². The van der Waals surface area contributed by atoms with Gasteiger partial charge in [-0.2, -0.15) is 0 Å². The van der Waals surface area contributed by atoms with Crippen LogP contribution in [0.1, 0.15) is 37.8 Å². The number of carbonyl (C=O) groups excluding carboxylic acids is 2. The first-order chi connectivity index (χ1) is 20.0. The fourth-order valence-corrected chi connectivity index (χ4v) is 5.98. The predicted octanol–water partition coefficient (Wildman–Crippen LogP) is 4.78. The molecule has 0 radical (unpaired) electrons. The van der Waals surface area contributed by atoms with Gasteiger partial charge < -0.3 is 19.7 Å². The Morgan fingerprint density at radius 3 is 2.36 bits per heavy atom.